The molecule has 1 saturated heterocycles. The lowest BCUT2D eigenvalue weighted by atomic mass is 10.2. The van der Waals surface area contributed by atoms with Gasteiger partial charge >= 0.3 is 0 Å². The summed E-state index contributed by atoms with van der Waals surface area (Å²) >= 11 is 5.89. The minimum atomic E-state index is 0.830. The molecular formula is C24H25N3S. The van der Waals surface area contributed by atoms with Gasteiger partial charge in [-0.05, 0) is 28.9 Å². The molecule has 0 N–H and O–H groups in total. The number of nitrogens with zero attached hydrogens (tertiary/aromatic N) is 3. The predicted octanol–water partition coefficient (Wildman–Crippen LogP) is 4.71. The third-order valence-electron chi connectivity index (χ3n) is 4.96. The van der Waals surface area contributed by atoms with E-state index in [1.165, 1.54) is 16.7 Å². The molecule has 28 heavy (non-hydrogen) atoms. The van der Waals surface area contributed by atoms with E-state index >= 15 is 0 Å². The normalized spacial score (nSPS) is 15.1. The van der Waals surface area contributed by atoms with Crippen molar-refractivity contribution in [1.29, 1.82) is 0 Å². The first-order valence-corrected chi connectivity index (χ1v) is 10.1. The standard InChI is InChI=1S/C24H25N3S/c28-24-26(17-22-12-6-2-7-13-22)19-25(16-21-10-4-1-5-11-21)20-27(24)18-23-14-8-3-9-15-23/h1-15H,16-20H2. The number of benzene rings is 3. The molecule has 142 valence electrons. The van der Waals surface area contributed by atoms with Crippen LogP contribution in [0.25, 0.3) is 0 Å². The number of hydrogen-bond donors (Lipinski definition) is 0. The van der Waals surface area contributed by atoms with Gasteiger partial charge < -0.3 is 9.80 Å². The van der Waals surface area contributed by atoms with Crippen molar-refractivity contribution in [2.75, 3.05) is 13.3 Å². The fourth-order valence-corrected chi connectivity index (χ4v) is 3.88. The first-order valence-electron chi connectivity index (χ1n) is 9.66. The van der Waals surface area contributed by atoms with Crippen LogP contribution in [-0.4, -0.2) is 33.1 Å². The monoisotopic (exact) mass is 387 g/mol. The van der Waals surface area contributed by atoms with Crippen molar-refractivity contribution in [1.82, 2.24) is 14.7 Å². The summed E-state index contributed by atoms with van der Waals surface area (Å²) in [6.45, 7) is 4.26. The van der Waals surface area contributed by atoms with E-state index in [1.54, 1.807) is 0 Å². The first kappa shape index (κ1) is 18.7. The maximum atomic E-state index is 5.89. The van der Waals surface area contributed by atoms with E-state index in [4.69, 9.17) is 12.2 Å². The van der Waals surface area contributed by atoms with Crippen LogP contribution in [0.3, 0.4) is 0 Å². The molecule has 4 rings (SSSR count). The van der Waals surface area contributed by atoms with E-state index in [1.807, 2.05) is 0 Å². The van der Waals surface area contributed by atoms with Crippen LogP contribution in [-0.2, 0) is 19.6 Å². The summed E-state index contributed by atoms with van der Waals surface area (Å²) in [5.74, 6) is 0. The fraction of sp³-hybridized carbons (Fsp3) is 0.208. The zero-order chi connectivity index (χ0) is 19.2. The minimum Gasteiger partial charge on any atom is -0.332 e. The second kappa shape index (κ2) is 9.00. The van der Waals surface area contributed by atoms with Gasteiger partial charge in [0.25, 0.3) is 0 Å². The van der Waals surface area contributed by atoms with Crippen LogP contribution >= 0.6 is 12.2 Å². The van der Waals surface area contributed by atoms with Gasteiger partial charge in [0.15, 0.2) is 5.11 Å². The third-order valence-corrected chi connectivity index (χ3v) is 5.48. The van der Waals surface area contributed by atoms with Crippen LogP contribution in [0, 0.1) is 0 Å². The molecule has 0 radical (unpaired) electrons. The lowest BCUT2D eigenvalue weighted by Crippen LogP contribution is -2.56. The molecule has 1 heterocycles. The van der Waals surface area contributed by atoms with E-state index in [0.717, 1.165) is 38.1 Å². The summed E-state index contributed by atoms with van der Waals surface area (Å²) in [5, 5.41) is 0.928. The Balaban J connectivity index is 1.53. The van der Waals surface area contributed by atoms with Crippen molar-refractivity contribution in [3.05, 3.63) is 108 Å². The quantitative estimate of drug-likeness (QED) is 0.567. The smallest absolute Gasteiger partial charge is 0.174 e. The third kappa shape index (κ3) is 4.77. The maximum Gasteiger partial charge on any atom is 0.174 e. The van der Waals surface area contributed by atoms with E-state index in [2.05, 4.69) is 106 Å². The Hall–Kier alpha value is -2.69. The summed E-state index contributed by atoms with van der Waals surface area (Å²) in [6.07, 6.45) is 0. The van der Waals surface area contributed by atoms with Crippen molar-refractivity contribution in [3.63, 3.8) is 0 Å². The van der Waals surface area contributed by atoms with Gasteiger partial charge in [-0.2, -0.15) is 0 Å². The summed E-state index contributed by atoms with van der Waals surface area (Å²) in [5.41, 5.74) is 3.90. The van der Waals surface area contributed by atoms with Crippen molar-refractivity contribution in [3.8, 4) is 0 Å². The van der Waals surface area contributed by atoms with Crippen LogP contribution in [0.2, 0.25) is 0 Å². The zero-order valence-corrected chi connectivity index (χ0v) is 16.8. The van der Waals surface area contributed by atoms with Gasteiger partial charge in [0.2, 0.25) is 0 Å². The van der Waals surface area contributed by atoms with Gasteiger partial charge in [0.05, 0.1) is 13.3 Å². The predicted molar refractivity (Wildman–Crippen MR) is 118 cm³/mol. The van der Waals surface area contributed by atoms with E-state index in [-0.39, 0.29) is 0 Å². The summed E-state index contributed by atoms with van der Waals surface area (Å²) in [6, 6.07) is 31.8. The highest BCUT2D eigenvalue weighted by molar-refractivity contribution is 7.80. The SMILES string of the molecule is S=C1N(Cc2ccccc2)CN(Cc2ccccc2)CN1Cc1ccccc1. The number of rotatable bonds is 6. The molecule has 3 aromatic rings. The molecule has 1 aliphatic heterocycles. The molecule has 0 bridgehead atoms. The fourth-order valence-electron chi connectivity index (χ4n) is 3.63. The second-order valence-electron chi connectivity index (χ2n) is 7.25. The Morgan fingerprint density at radius 1 is 0.536 bits per heavy atom. The molecule has 1 aliphatic rings. The van der Waals surface area contributed by atoms with E-state index in [9.17, 15) is 0 Å². The highest BCUT2D eigenvalue weighted by Gasteiger charge is 2.27. The second-order valence-corrected chi connectivity index (χ2v) is 7.61. The number of thiocarbonyl (C=S) groups is 1. The summed E-state index contributed by atoms with van der Waals surface area (Å²) in [4.78, 5) is 7.07. The average Bonchev–Trinajstić information content (AvgIpc) is 2.74. The molecular weight excluding hydrogens is 362 g/mol. The van der Waals surface area contributed by atoms with Crippen LogP contribution in [0.4, 0.5) is 0 Å². The Kier molecular flexibility index (Phi) is 6.00. The largest absolute Gasteiger partial charge is 0.332 e. The molecule has 3 aromatic carbocycles. The van der Waals surface area contributed by atoms with Gasteiger partial charge in [-0.3, -0.25) is 4.90 Å². The molecule has 1 fully saturated rings. The van der Waals surface area contributed by atoms with E-state index < -0.39 is 0 Å². The Bertz CT molecular complexity index is 830. The van der Waals surface area contributed by atoms with Crippen LogP contribution < -0.4 is 0 Å². The highest BCUT2D eigenvalue weighted by Crippen LogP contribution is 2.19. The lowest BCUT2D eigenvalue weighted by Gasteiger charge is -2.44. The molecule has 4 heteroatoms. The van der Waals surface area contributed by atoms with Crippen molar-refractivity contribution in [2.24, 2.45) is 0 Å². The van der Waals surface area contributed by atoms with Gasteiger partial charge in [0.1, 0.15) is 0 Å². The van der Waals surface area contributed by atoms with Crippen molar-refractivity contribution < 1.29 is 0 Å². The van der Waals surface area contributed by atoms with Crippen LogP contribution in [0.5, 0.6) is 0 Å². The topological polar surface area (TPSA) is 9.72 Å². The lowest BCUT2D eigenvalue weighted by molar-refractivity contribution is 0.0697. The first-order chi connectivity index (χ1) is 13.8. The molecule has 0 saturated carbocycles. The Morgan fingerprint density at radius 2 is 0.893 bits per heavy atom. The van der Waals surface area contributed by atoms with Crippen LogP contribution in [0.1, 0.15) is 16.7 Å². The molecule has 0 atom stereocenters. The van der Waals surface area contributed by atoms with Crippen LogP contribution in [0.15, 0.2) is 91.0 Å². The zero-order valence-electron chi connectivity index (χ0n) is 15.9. The van der Waals surface area contributed by atoms with Crippen molar-refractivity contribution in [2.45, 2.75) is 19.6 Å². The molecule has 3 nitrogen and oxygen atoms in total. The Labute approximate surface area is 172 Å². The Morgan fingerprint density at radius 3 is 1.29 bits per heavy atom. The van der Waals surface area contributed by atoms with Gasteiger partial charge in [-0.15, -0.1) is 0 Å². The molecule has 0 spiro atoms. The van der Waals surface area contributed by atoms with Gasteiger partial charge in [-0.25, -0.2) is 0 Å². The molecule has 0 aromatic heterocycles. The summed E-state index contributed by atoms with van der Waals surface area (Å²) in [7, 11) is 0. The highest BCUT2D eigenvalue weighted by atomic mass is 32.1. The minimum absolute atomic E-state index is 0.830. The average molecular weight is 388 g/mol. The van der Waals surface area contributed by atoms with Gasteiger partial charge in [-0.1, -0.05) is 91.0 Å². The molecule has 0 unspecified atom stereocenters. The summed E-state index contributed by atoms with van der Waals surface area (Å²) < 4.78 is 0. The van der Waals surface area contributed by atoms with E-state index in [0.29, 0.717) is 0 Å². The van der Waals surface area contributed by atoms with Crippen molar-refractivity contribution >= 4 is 17.3 Å². The van der Waals surface area contributed by atoms with Gasteiger partial charge in [0, 0.05) is 19.6 Å². The molecule has 0 aliphatic carbocycles. The molecule has 0 amide bonds. The maximum absolute atomic E-state index is 5.89. The number of hydrogen-bond acceptors (Lipinski definition) is 2.